The van der Waals surface area contributed by atoms with E-state index in [1.807, 2.05) is 0 Å². The molecule has 2 N–H and O–H groups in total. The summed E-state index contributed by atoms with van der Waals surface area (Å²) in [6.45, 7) is 8.01. The molecule has 3 saturated heterocycles. The van der Waals surface area contributed by atoms with Crippen molar-refractivity contribution in [3.8, 4) is 0 Å². The molecule has 5 nitrogen and oxygen atoms in total. The van der Waals surface area contributed by atoms with Crippen LogP contribution in [0.2, 0.25) is 0 Å². The van der Waals surface area contributed by atoms with Crippen LogP contribution in [-0.2, 0) is 9.53 Å². The Kier molecular flexibility index (Phi) is 5.17. The zero-order valence-corrected chi connectivity index (χ0v) is 16.7. The molecule has 4 fully saturated rings. The lowest BCUT2D eigenvalue weighted by atomic mass is 9.46. The fraction of sp³-hybridized carbons (Fsp3) is 0.947. The molecule has 1 amide bonds. The molecule has 3 aliphatic heterocycles. The van der Waals surface area contributed by atoms with Gasteiger partial charge in [0.2, 0.25) is 5.91 Å². The Morgan fingerprint density at radius 2 is 1.92 bits per heavy atom. The molecule has 0 aromatic heterocycles. The van der Waals surface area contributed by atoms with Gasteiger partial charge >= 0.3 is 0 Å². The molecule has 1 aliphatic carbocycles. The summed E-state index contributed by atoms with van der Waals surface area (Å²) in [5.74, 6) is 0.998. The third kappa shape index (κ3) is 2.65. The number of carbonyl (C=O) groups excluding carboxylic acids is 1. The largest absolute Gasteiger partial charge is 0.377 e. The van der Waals surface area contributed by atoms with Gasteiger partial charge in [-0.3, -0.25) is 4.79 Å². The predicted molar refractivity (Wildman–Crippen MR) is 101 cm³/mol. The quantitative estimate of drug-likeness (QED) is 0.764. The van der Waals surface area contributed by atoms with Crippen LogP contribution in [0.4, 0.5) is 0 Å². The lowest BCUT2D eigenvalue weighted by molar-refractivity contribution is -0.231. The van der Waals surface area contributed by atoms with Crippen molar-refractivity contribution in [1.82, 2.24) is 9.80 Å². The van der Waals surface area contributed by atoms with E-state index in [9.17, 15) is 4.79 Å². The molecule has 5 unspecified atom stereocenters. The van der Waals surface area contributed by atoms with Crippen LogP contribution in [-0.4, -0.2) is 66.7 Å². The highest BCUT2D eigenvalue weighted by Crippen LogP contribution is 2.58. The van der Waals surface area contributed by atoms with Gasteiger partial charge in [0.15, 0.2) is 0 Å². The van der Waals surface area contributed by atoms with E-state index in [-0.39, 0.29) is 35.8 Å². The number of nitrogens with zero attached hydrogens (tertiary/aromatic N) is 2. The van der Waals surface area contributed by atoms with E-state index in [1.165, 1.54) is 19.4 Å². The average molecular weight is 372 g/mol. The van der Waals surface area contributed by atoms with Crippen molar-refractivity contribution in [3.63, 3.8) is 0 Å². The number of carbonyl (C=O) groups is 1. The molecule has 0 spiro atoms. The highest BCUT2D eigenvalue weighted by atomic mass is 35.5. The van der Waals surface area contributed by atoms with Crippen LogP contribution in [0.15, 0.2) is 0 Å². The summed E-state index contributed by atoms with van der Waals surface area (Å²) in [4.78, 5) is 18.0. The van der Waals surface area contributed by atoms with Gasteiger partial charge in [0.25, 0.3) is 0 Å². The molecule has 4 aliphatic rings. The standard InChI is InChI=1S/C19H33N3O2.ClH/c1-18(2)16-14(7-5-11-24-16)19(18,20)17(23)22-10-8-15-13(12-22)6-4-9-21(15)3;/h13-16H,4-12,20H2,1-3H3;1H. The van der Waals surface area contributed by atoms with Gasteiger partial charge in [0, 0.05) is 37.1 Å². The Morgan fingerprint density at radius 1 is 1.16 bits per heavy atom. The van der Waals surface area contributed by atoms with E-state index in [4.69, 9.17) is 10.5 Å². The molecule has 144 valence electrons. The summed E-state index contributed by atoms with van der Waals surface area (Å²) in [5, 5.41) is 0. The number of rotatable bonds is 1. The van der Waals surface area contributed by atoms with Gasteiger partial charge in [-0.05, 0) is 51.6 Å². The molecule has 5 atom stereocenters. The lowest BCUT2D eigenvalue weighted by Gasteiger charge is -2.66. The molecule has 0 aromatic carbocycles. The minimum absolute atomic E-state index is 0. The lowest BCUT2D eigenvalue weighted by Crippen LogP contribution is -2.82. The summed E-state index contributed by atoms with van der Waals surface area (Å²) in [5.41, 5.74) is 5.81. The van der Waals surface area contributed by atoms with Crippen LogP contribution in [0.25, 0.3) is 0 Å². The second-order valence-corrected chi connectivity index (χ2v) is 9.12. The molecule has 6 heteroatoms. The summed E-state index contributed by atoms with van der Waals surface area (Å²) >= 11 is 0. The number of halogens is 1. The molecule has 0 bridgehead atoms. The van der Waals surface area contributed by atoms with Gasteiger partial charge in [0.1, 0.15) is 5.54 Å². The van der Waals surface area contributed by atoms with Gasteiger partial charge in [-0.2, -0.15) is 0 Å². The van der Waals surface area contributed by atoms with Crippen molar-refractivity contribution < 1.29 is 9.53 Å². The Balaban J connectivity index is 0.00000182. The van der Waals surface area contributed by atoms with Crippen molar-refractivity contribution in [2.75, 3.05) is 33.3 Å². The fourth-order valence-electron chi connectivity index (χ4n) is 6.11. The van der Waals surface area contributed by atoms with Crippen LogP contribution in [0, 0.1) is 17.3 Å². The summed E-state index contributed by atoms with van der Waals surface area (Å²) in [6.07, 6.45) is 5.79. The minimum atomic E-state index is -0.745. The number of nitrogens with two attached hydrogens (primary N) is 1. The topological polar surface area (TPSA) is 58.8 Å². The number of fused-ring (bicyclic) bond motifs is 2. The van der Waals surface area contributed by atoms with Crippen molar-refractivity contribution in [1.29, 1.82) is 0 Å². The SMILES string of the molecule is CN1CCCC2CN(C(=O)C3(N)C4CCCOC4C3(C)C)CCC21.Cl. The predicted octanol–water partition coefficient (Wildman–Crippen LogP) is 1.88. The van der Waals surface area contributed by atoms with Crippen LogP contribution >= 0.6 is 12.4 Å². The summed E-state index contributed by atoms with van der Waals surface area (Å²) < 4.78 is 5.97. The number of ether oxygens (including phenoxy) is 1. The van der Waals surface area contributed by atoms with E-state index >= 15 is 0 Å². The Morgan fingerprint density at radius 3 is 2.68 bits per heavy atom. The molecular weight excluding hydrogens is 338 g/mol. The first kappa shape index (κ1) is 19.4. The Hall–Kier alpha value is -0.360. The maximum atomic E-state index is 13.5. The normalized spacial score (nSPS) is 43.3. The first-order valence-electron chi connectivity index (χ1n) is 9.77. The number of hydrogen-bond donors (Lipinski definition) is 1. The van der Waals surface area contributed by atoms with Crippen molar-refractivity contribution in [2.24, 2.45) is 23.0 Å². The number of hydrogen-bond acceptors (Lipinski definition) is 4. The molecule has 1 saturated carbocycles. The van der Waals surface area contributed by atoms with Gasteiger partial charge in [-0.15, -0.1) is 12.4 Å². The highest BCUT2D eigenvalue weighted by Gasteiger charge is 2.71. The highest BCUT2D eigenvalue weighted by molar-refractivity contribution is 5.89. The second-order valence-electron chi connectivity index (χ2n) is 9.12. The van der Waals surface area contributed by atoms with Crippen LogP contribution in [0.5, 0.6) is 0 Å². The molecule has 3 heterocycles. The molecule has 0 radical (unpaired) electrons. The van der Waals surface area contributed by atoms with Gasteiger partial charge in [-0.1, -0.05) is 13.8 Å². The van der Waals surface area contributed by atoms with Gasteiger partial charge in [0.05, 0.1) is 6.10 Å². The third-order valence-corrected chi connectivity index (χ3v) is 7.67. The minimum Gasteiger partial charge on any atom is -0.377 e. The Bertz CT molecular complexity index is 529. The number of likely N-dealkylation sites (tertiary alicyclic amines) is 2. The molecule has 4 rings (SSSR count). The van der Waals surface area contributed by atoms with Crippen molar-refractivity contribution in [3.05, 3.63) is 0 Å². The molecule has 0 aromatic rings. The van der Waals surface area contributed by atoms with Crippen molar-refractivity contribution in [2.45, 2.75) is 63.6 Å². The molecule has 25 heavy (non-hydrogen) atoms. The van der Waals surface area contributed by atoms with E-state index in [0.29, 0.717) is 12.0 Å². The van der Waals surface area contributed by atoms with E-state index in [1.54, 1.807) is 0 Å². The monoisotopic (exact) mass is 371 g/mol. The van der Waals surface area contributed by atoms with Crippen LogP contribution in [0.3, 0.4) is 0 Å². The summed E-state index contributed by atoms with van der Waals surface area (Å²) in [7, 11) is 2.23. The van der Waals surface area contributed by atoms with Gasteiger partial charge in [-0.25, -0.2) is 0 Å². The average Bonchev–Trinajstić information content (AvgIpc) is 2.60. The maximum absolute atomic E-state index is 13.5. The first-order valence-corrected chi connectivity index (χ1v) is 9.77. The maximum Gasteiger partial charge on any atom is 0.243 e. The van der Waals surface area contributed by atoms with Gasteiger partial charge < -0.3 is 20.3 Å². The summed E-state index contributed by atoms with van der Waals surface area (Å²) in [6, 6.07) is 0.650. The third-order valence-electron chi connectivity index (χ3n) is 7.67. The van der Waals surface area contributed by atoms with E-state index in [2.05, 4.69) is 30.7 Å². The first-order chi connectivity index (χ1) is 11.4. The fourth-order valence-corrected chi connectivity index (χ4v) is 6.11. The van der Waals surface area contributed by atoms with Crippen molar-refractivity contribution >= 4 is 18.3 Å². The number of amides is 1. The van der Waals surface area contributed by atoms with E-state index in [0.717, 1.165) is 39.0 Å². The van der Waals surface area contributed by atoms with E-state index < -0.39 is 5.54 Å². The zero-order chi connectivity index (χ0) is 17.1. The number of piperidine rings is 2. The van der Waals surface area contributed by atoms with Crippen LogP contribution in [0.1, 0.15) is 46.0 Å². The second kappa shape index (κ2) is 6.66. The smallest absolute Gasteiger partial charge is 0.243 e. The van der Waals surface area contributed by atoms with Crippen LogP contribution < -0.4 is 5.73 Å². The molecular formula is C19H34ClN3O2. The Labute approximate surface area is 158 Å². The zero-order valence-electron chi connectivity index (χ0n) is 15.9.